The molecule has 0 N–H and O–H groups in total. The number of pyridine rings is 1. The number of methoxy groups -OCH3 is 1. The third-order valence-corrected chi connectivity index (χ3v) is 3.25. The molecule has 0 radical (unpaired) electrons. The van der Waals surface area contributed by atoms with Crippen LogP contribution in [0.15, 0.2) is 12.1 Å². The van der Waals surface area contributed by atoms with Gasteiger partial charge in [0.15, 0.2) is 0 Å². The van der Waals surface area contributed by atoms with Crippen molar-refractivity contribution in [2.75, 3.05) is 31.7 Å². The highest BCUT2D eigenvalue weighted by Gasteiger charge is 2.28. The van der Waals surface area contributed by atoms with Gasteiger partial charge < -0.3 is 14.4 Å². The number of hydrogen-bond acceptors (Lipinski definition) is 7. The van der Waals surface area contributed by atoms with Gasteiger partial charge in [-0.3, -0.25) is 14.9 Å². The van der Waals surface area contributed by atoms with E-state index in [1.807, 2.05) is 0 Å². The van der Waals surface area contributed by atoms with Crippen molar-refractivity contribution < 1.29 is 19.2 Å². The van der Waals surface area contributed by atoms with Gasteiger partial charge in [-0.15, -0.1) is 0 Å². The average molecular weight is 295 g/mol. The van der Waals surface area contributed by atoms with Crippen LogP contribution in [0, 0.1) is 17.0 Å². The van der Waals surface area contributed by atoms with Gasteiger partial charge in [-0.1, -0.05) is 0 Å². The Kier molecular flexibility index (Phi) is 4.69. The summed E-state index contributed by atoms with van der Waals surface area (Å²) in [5.41, 5.74) is 0.658. The molecule has 1 aliphatic heterocycles. The Labute approximate surface area is 121 Å². The number of aryl methyl sites for hydroxylation is 1. The predicted octanol–water partition coefficient (Wildman–Crippen LogP) is 1.07. The quantitative estimate of drug-likeness (QED) is 0.465. The first-order valence-corrected chi connectivity index (χ1v) is 6.56. The monoisotopic (exact) mass is 295 g/mol. The minimum atomic E-state index is -0.452. The van der Waals surface area contributed by atoms with Crippen LogP contribution in [0.4, 0.5) is 11.5 Å². The molecule has 0 aromatic carbocycles. The number of hydrogen-bond donors (Lipinski definition) is 0. The summed E-state index contributed by atoms with van der Waals surface area (Å²) in [5.74, 6) is -0.0493. The van der Waals surface area contributed by atoms with Crippen molar-refractivity contribution in [2.24, 2.45) is 0 Å². The standard InChI is InChI=1S/C13H17N3O5/c1-9-3-4-11(16(18)19)13(14-9)15-5-6-21-10(8-15)7-12(17)20-2/h3-4,10H,5-8H2,1-2H3. The summed E-state index contributed by atoms with van der Waals surface area (Å²) >= 11 is 0. The molecule has 1 aromatic heterocycles. The van der Waals surface area contributed by atoms with Gasteiger partial charge in [0, 0.05) is 24.8 Å². The number of rotatable bonds is 4. The molecule has 2 heterocycles. The highest BCUT2D eigenvalue weighted by molar-refractivity contribution is 5.70. The first kappa shape index (κ1) is 15.2. The largest absolute Gasteiger partial charge is 0.469 e. The summed E-state index contributed by atoms with van der Waals surface area (Å²) in [6, 6.07) is 3.05. The zero-order valence-electron chi connectivity index (χ0n) is 11.9. The Bertz CT molecular complexity index is 549. The highest BCUT2D eigenvalue weighted by Crippen LogP contribution is 2.27. The number of esters is 1. The first-order valence-electron chi connectivity index (χ1n) is 6.56. The van der Waals surface area contributed by atoms with Crippen molar-refractivity contribution in [3.8, 4) is 0 Å². The molecule has 0 bridgehead atoms. The van der Waals surface area contributed by atoms with E-state index in [-0.39, 0.29) is 24.2 Å². The Balaban J connectivity index is 2.19. The van der Waals surface area contributed by atoms with E-state index in [1.165, 1.54) is 13.2 Å². The molecule has 2 rings (SSSR count). The number of anilines is 1. The van der Waals surface area contributed by atoms with Crippen LogP contribution < -0.4 is 4.90 Å². The molecule has 1 saturated heterocycles. The van der Waals surface area contributed by atoms with Gasteiger partial charge in [0.25, 0.3) is 0 Å². The normalized spacial score (nSPS) is 18.4. The second kappa shape index (κ2) is 6.49. The van der Waals surface area contributed by atoms with Gasteiger partial charge in [0.2, 0.25) is 5.82 Å². The lowest BCUT2D eigenvalue weighted by atomic mass is 10.2. The van der Waals surface area contributed by atoms with Crippen molar-refractivity contribution in [1.82, 2.24) is 4.98 Å². The molecule has 1 aliphatic rings. The second-order valence-electron chi connectivity index (χ2n) is 4.77. The fraction of sp³-hybridized carbons (Fsp3) is 0.538. The van der Waals surface area contributed by atoms with Gasteiger partial charge in [0.1, 0.15) is 0 Å². The predicted molar refractivity (Wildman–Crippen MR) is 74.2 cm³/mol. The van der Waals surface area contributed by atoms with Gasteiger partial charge in [0.05, 0.1) is 31.2 Å². The van der Waals surface area contributed by atoms with Crippen molar-refractivity contribution in [1.29, 1.82) is 0 Å². The van der Waals surface area contributed by atoms with E-state index in [4.69, 9.17) is 4.74 Å². The van der Waals surface area contributed by atoms with E-state index < -0.39 is 4.92 Å². The lowest BCUT2D eigenvalue weighted by molar-refractivity contribution is -0.384. The summed E-state index contributed by atoms with van der Waals surface area (Å²) in [6.45, 7) is 3.02. The molecule has 1 fully saturated rings. The third-order valence-electron chi connectivity index (χ3n) is 3.25. The van der Waals surface area contributed by atoms with Gasteiger partial charge in [-0.25, -0.2) is 4.98 Å². The second-order valence-corrected chi connectivity index (χ2v) is 4.77. The topological polar surface area (TPSA) is 94.8 Å². The van der Waals surface area contributed by atoms with Crippen LogP contribution >= 0.6 is 0 Å². The molecule has 1 unspecified atom stereocenters. The number of carbonyl (C=O) groups excluding carboxylic acids is 1. The van der Waals surface area contributed by atoms with Crippen LogP contribution in [0.25, 0.3) is 0 Å². The van der Waals surface area contributed by atoms with Crippen LogP contribution in [0.3, 0.4) is 0 Å². The SMILES string of the molecule is COC(=O)CC1CN(c2nc(C)ccc2[N+](=O)[O-])CCO1. The number of aromatic nitrogens is 1. The molecule has 21 heavy (non-hydrogen) atoms. The first-order chi connectivity index (χ1) is 10.0. The number of carbonyl (C=O) groups is 1. The number of morpholine rings is 1. The molecule has 0 aliphatic carbocycles. The Morgan fingerprint density at radius 1 is 1.62 bits per heavy atom. The number of ether oxygens (including phenoxy) is 2. The molecule has 1 aromatic rings. The summed E-state index contributed by atoms with van der Waals surface area (Å²) in [4.78, 5) is 28.0. The zero-order chi connectivity index (χ0) is 15.4. The Morgan fingerprint density at radius 3 is 3.05 bits per heavy atom. The maximum atomic E-state index is 11.3. The highest BCUT2D eigenvalue weighted by atomic mass is 16.6. The molecule has 8 nitrogen and oxygen atoms in total. The maximum Gasteiger partial charge on any atom is 0.311 e. The minimum Gasteiger partial charge on any atom is -0.469 e. The Hall–Kier alpha value is -2.22. The van der Waals surface area contributed by atoms with Crippen LogP contribution in [-0.2, 0) is 14.3 Å². The van der Waals surface area contributed by atoms with Gasteiger partial charge in [-0.2, -0.15) is 0 Å². The van der Waals surface area contributed by atoms with Crippen molar-refractivity contribution in [2.45, 2.75) is 19.4 Å². The van der Waals surface area contributed by atoms with E-state index in [0.29, 0.717) is 31.2 Å². The molecule has 1 atom stereocenters. The van der Waals surface area contributed by atoms with Gasteiger partial charge in [-0.05, 0) is 13.0 Å². The summed E-state index contributed by atoms with van der Waals surface area (Å²) < 4.78 is 10.1. The zero-order valence-corrected chi connectivity index (χ0v) is 11.9. The summed E-state index contributed by atoms with van der Waals surface area (Å²) in [7, 11) is 1.32. The van der Waals surface area contributed by atoms with E-state index >= 15 is 0 Å². The summed E-state index contributed by atoms with van der Waals surface area (Å²) in [5, 5.41) is 11.1. The third kappa shape index (κ3) is 3.66. The van der Waals surface area contributed by atoms with Crippen LogP contribution in [-0.4, -0.2) is 48.8 Å². The lowest BCUT2D eigenvalue weighted by Gasteiger charge is -2.33. The smallest absolute Gasteiger partial charge is 0.311 e. The fourth-order valence-electron chi connectivity index (χ4n) is 2.22. The molecule has 114 valence electrons. The molecule has 0 saturated carbocycles. The number of nitro groups is 1. The average Bonchev–Trinajstić information content (AvgIpc) is 2.47. The van der Waals surface area contributed by atoms with Crippen LogP contribution in [0.1, 0.15) is 12.1 Å². The van der Waals surface area contributed by atoms with E-state index in [9.17, 15) is 14.9 Å². The van der Waals surface area contributed by atoms with E-state index in [2.05, 4.69) is 9.72 Å². The number of nitrogens with zero attached hydrogens (tertiary/aromatic N) is 3. The van der Waals surface area contributed by atoms with Gasteiger partial charge >= 0.3 is 11.7 Å². The lowest BCUT2D eigenvalue weighted by Crippen LogP contribution is -2.44. The maximum absolute atomic E-state index is 11.3. The van der Waals surface area contributed by atoms with Crippen molar-refractivity contribution in [3.05, 3.63) is 27.9 Å². The van der Waals surface area contributed by atoms with Crippen LogP contribution in [0.2, 0.25) is 0 Å². The van der Waals surface area contributed by atoms with E-state index in [0.717, 1.165) is 0 Å². The van der Waals surface area contributed by atoms with E-state index in [1.54, 1.807) is 17.9 Å². The summed E-state index contributed by atoms with van der Waals surface area (Å²) in [6.07, 6.45) is -0.236. The molecular weight excluding hydrogens is 278 g/mol. The molecular formula is C13H17N3O5. The molecule has 8 heteroatoms. The van der Waals surface area contributed by atoms with Crippen molar-refractivity contribution in [3.63, 3.8) is 0 Å². The fourth-order valence-corrected chi connectivity index (χ4v) is 2.22. The molecule has 0 spiro atoms. The minimum absolute atomic E-state index is 0.0423. The Morgan fingerprint density at radius 2 is 2.38 bits per heavy atom. The molecule has 0 amide bonds. The van der Waals surface area contributed by atoms with Crippen molar-refractivity contribution >= 4 is 17.5 Å². The van der Waals surface area contributed by atoms with Crippen LogP contribution in [0.5, 0.6) is 0 Å².